The zero-order chi connectivity index (χ0) is 18.0. The second kappa shape index (κ2) is 6.82. The average molecular weight is 353 g/mol. The van der Waals surface area contributed by atoms with Crippen molar-refractivity contribution < 1.29 is 9.59 Å². The van der Waals surface area contributed by atoms with Crippen LogP contribution in [-0.2, 0) is 6.54 Å². The minimum atomic E-state index is -0.140. The predicted molar refractivity (Wildman–Crippen MR) is 96.3 cm³/mol. The molecule has 3 amide bonds. The zero-order valence-corrected chi connectivity index (χ0v) is 14.5. The molecule has 0 radical (unpaired) electrons. The first-order valence-electron chi connectivity index (χ1n) is 9.00. The highest BCUT2D eigenvalue weighted by atomic mass is 16.2. The van der Waals surface area contributed by atoms with Gasteiger partial charge in [-0.1, -0.05) is 18.2 Å². The van der Waals surface area contributed by atoms with Gasteiger partial charge in [0.1, 0.15) is 0 Å². The molecule has 0 atom stereocenters. The van der Waals surface area contributed by atoms with Gasteiger partial charge in [-0.2, -0.15) is 5.10 Å². The van der Waals surface area contributed by atoms with Gasteiger partial charge < -0.3 is 16.0 Å². The molecule has 2 aliphatic rings. The summed E-state index contributed by atoms with van der Waals surface area (Å²) in [4.78, 5) is 24.1. The van der Waals surface area contributed by atoms with Crippen LogP contribution in [0.4, 0.5) is 4.79 Å². The van der Waals surface area contributed by atoms with E-state index in [2.05, 4.69) is 26.1 Å². The number of carbonyl (C=O) groups is 2. The second-order valence-corrected chi connectivity index (χ2v) is 7.48. The van der Waals surface area contributed by atoms with Crippen LogP contribution in [0.5, 0.6) is 0 Å². The van der Waals surface area contributed by atoms with E-state index in [1.165, 1.54) is 0 Å². The third-order valence-corrected chi connectivity index (χ3v) is 5.43. The first-order valence-corrected chi connectivity index (χ1v) is 9.00. The average Bonchev–Trinajstić information content (AvgIpc) is 3.10. The summed E-state index contributed by atoms with van der Waals surface area (Å²) in [7, 11) is 0. The molecule has 2 saturated carbocycles. The van der Waals surface area contributed by atoms with Crippen molar-refractivity contribution in [1.29, 1.82) is 0 Å². The summed E-state index contributed by atoms with van der Waals surface area (Å²) in [5.41, 5.74) is 1.95. The van der Waals surface area contributed by atoms with Crippen LogP contribution in [0.3, 0.4) is 0 Å². The van der Waals surface area contributed by atoms with E-state index in [0.29, 0.717) is 17.5 Å². The minimum absolute atomic E-state index is 0.00178. The number of nitrogens with one attached hydrogen (secondary N) is 4. The van der Waals surface area contributed by atoms with E-state index in [1.54, 1.807) is 12.4 Å². The Kier molecular flexibility index (Phi) is 4.36. The third-order valence-electron chi connectivity index (χ3n) is 5.43. The molecular formula is C19H23N5O2. The Hall–Kier alpha value is -2.83. The monoisotopic (exact) mass is 353 g/mol. The molecule has 2 aromatic rings. The van der Waals surface area contributed by atoms with E-state index in [-0.39, 0.29) is 24.0 Å². The van der Waals surface area contributed by atoms with Gasteiger partial charge in [-0.3, -0.25) is 9.89 Å². The summed E-state index contributed by atoms with van der Waals surface area (Å²) in [5, 5.41) is 15.5. The number of nitrogens with zero attached hydrogens (tertiary/aromatic N) is 1. The number of aromatic nitrogens is 2. The molecule has 2 fully saturated rings. The third kappa shape index (κ3) is 3.56. The Labute approximate surface area is 151 Å². The van der Waals surface area contributed by atoms with Gasteiger partial charge in [0.05, 0.1) is 6.20 Å². The van der Waals surface area contributed by atoms with Crippen molar-refractivity contribution in [3.8, 4) is 0 Å². The SMILES string of the molecule is O=C(NCc1cn[nH]c1)NC1CC2(C1)CC(NC(=O)c1ccccc1)C2. The van der Waals surface area contributed by atoms with Gasteiger partial charge in [0.15, 0.2) is 0 Å². The largest absolute Gasteiger partial charge is 0.349 e. The van der Waals surface area contributed by atoms with Gasteiger partial charge in [-0.25, -0.2) is 4.79 Å². The number of H-pyrrole nitrogens is 1. The number of aromatic amines is 1. The molecule has 0 aliphatic heterocycles. The highest BCUT2D eigenvalue weighted by molar-refractivity contribution is 5.94. The van der Waals surface area contributed by atoms with E-state index in [9.17, 15) is 9.59 Å². The number of hydrogen-bond donors (Lipinski definition) is 4. The molecule has 1 aromatic heterocycles. The van der Waals surface area contributed by atoms with Gasteiger partial charge in [0.25, 0.3) is 5.91 Å². The lowest BCUT2D eigenvalue weighted by Gasteiger charge is -2.57. The van der Waals surface area contributed by atoms with E-state index < -0.39 is 0 Å². The maximum atomic E-state index is 12.2. The van der Waals surface area contributed by atoms with Crippen LogP contribution in [0.15, 0.2) is 42.7 Å². The minimum Gasteiger partial charge on any atom is -0.349 e. The lowest BCUT2D eigenvalue weighted by Crippen LogP contribution is -2.61. The lowest BCUT2D eigenvalue weighted by atomic mass is 9.52. The molecule has 7 heteroatoms. The highest BCUT2D eigenvalue weighted by Gasteiger charge is 2.53. The van der Waals surface area contributed by atoms with Crippen LogP contribution in [0, 0.1) is 5.41 Å². The number of benzene rings is 1. The van der Waals surface area contributed by atoms with E-state index in [1.807, 2.05) is 30.3 Å². The molecule has 0 saturated heterocycles. The Bertz CT molecular complexity index is 760. The number of rotatable bonds is 5. The quantitative estimate of drug-likeness (QED) is 0.661. The van der Waals surface area contributed by atoms with E-state index >= 15 is 0 Å². The number of urea groups is 1. The fourth-order valence-corrected chi connectivity index (χ4v) is 4.16. The molecule has 7 nitrogen and oxygen atoms in total. The van der Waals surface area contributed by atoms with E-state index in [4.69, 9.17) is 0 Å². The highest BCUT2D eigenvalue weighted by Crippen LogP contribution is 2.55. The number of carbonyl (C=O) groups excluding carboxylic acids is 2. The normalized spacial score (nSPS) is 26.5. The maximum Gasteiger partial charge on any atom is 0.315 e. The molecule has 0 bridgehead atoms. The van der Waals surface area contributed by atoms with Crippen molar-refractivity contribution in [2.24, 2.45) is 5.41 Å². The molecule has 1 spiro atoms. The summed E-state index contributed by atoms with van der Waals surface area (Å²) in [6.45, 7) is 0.466. The van der Waals surface area contributed by atoms with Crippen molar-refractivity contribution in [3.05, 3.63) is 53.9 Å². The smallest absolute Gasteiger partial charge is 0.315 e. The zero-order valence-electron chi connectivity index (χ0n) is 14.5. The van der Waals surface area contributed by atoms with Crippen molar-refractivity contribution in [2.75, 3.05) is 0 Å². The topological polar surface area (TPSA) is 98.9 Å². The molecule has 2 aliphatic carbocycles. The molecule has 1 aromatic carbocycles. The summed E-state index contributed by atoms with van der Waals surface area (Å²) < 4.78 is 0. The van der Waals surface area contributed by atoms with Crippen LogP contribution in [-0.4, -0.2) is 34.2 Å². The van der Waals surface area contributed by atoms with Gasteiger partial charge in [-0.05, 0) is 43.2 Å². The lowest BCUT2D eigenvalue weighted by molar-refractivity contribution is -0.0236. The van der Waals surface area contributed by atoms with Crippen molar-refractivity contribution >= 4 is 11.9 Å². The number of hydrogen-bond acceptors (Lipinski definition) is 3. The molecule has 4 rings (SSSR count). The summed E-state index contributed by atoms with van der Waals surface area (Å²) >= 11 is 0. The Balaban J connectivity index is 1.14. The molecule has 4 N–H and O–H groups in total. The van der Waals surface area contributed by atoms with Gasteiger partial charge >= 0.3 is 6.03 Å². The van der Waals surface area contributed by atoms with Crippen molar-refractivity contribution in [3.63, 3.8) is 0 Å². The van der Waals surface area contributed by atoms with Crippen LogP contribution in [0.1, 0.15) is 41.6 Å². The first-order chi connectivity index (χ1) is 12.6. The molecular weight excluding hydrogens is 330 g/mol. The fourth-order valence-electron chi connectivity index (χ4n) is 4.16. The maximum absolute atomic E-state index is 12.2. The van der Waals surface area contributed by atoms with Gasteiger partial charge in [-0.15, -0.1) is 0 Å². The van der Waals surface area contributed by atoms with Crippen molar-refractivity contribution in [1.82, 2.24) is 26.1 Å². The molecule has 26 heavy (non-hydrogen) atoms. The van der Waals surface area contributed by atoms with Crippen LogP contribution in [0.25, 0.3) is 0 Å². The predicted octanol–water partition coefficient (Wildman–Crippen LogP) is 1.95. The van der Waals surface area contributed by atoms with Crippen LogP contribution in [0.2, 0.25) is 0 Å². The van der Waals surface area contributed by atoms with Crippen molar-refractivity contribution in [2.45, 2.75) is 44.3 Å². The first kappa shape index (κ1) is 16.6. The van der Waals surface area contributed by atoms with E-state index in [0.717, 1.165) is 31.2 Å². The summed E-state index contributed by atoms with van der Waals surface area (Å²) in [6, 6.07) is 9.64. The Morgan fingerprint density at radius 1 is 1.08 bits per heavy atom. The summed E-state index contributed by atoms with van der Waals surface area (Å²) in [5.74, 6) is -0.00178. The number of amides is 3. The fraction of sp³-hybridized carbons (Fsp3) is 0.421. The van der Waals surface area contributed by atoms with Gasteiger partial charge in [0, 0.05) is 36.0 Å². The molecule has 136 valence electrons. The van der Waals surface area contributed by atoms with Crippen LogP contribution < -0.4 is 16.0 Å². The molecule has 0 unspecified atom stereocenters. The molecule has 1 heterocycles. The van der Waals surface area contributed by atoms with Crippen LogP contribution >= 0.6 is 0 Å². The Morgan fingerprint density at radius 3 is 2.42 bits per heavy atom. The standard InChI is InChI=1S/C19H23N5O2/c25-17(14-4-2-1-3-5-14)23-15-6-19(7-15)8-16(9-19)24-18(26)20-10-13-11-21-22-12-13/h1-5,11-12,15-16H,6-10H2,(H,21,22)(H,23,25)(H2,20,24,26). The van der Waals surface area contributed by atoms with Gasteiger partial charge in [0.2, 0.25) is 0 Å². The Morgan fingerprint density at radius 2 is 1.77 bits per heavy atom. The summed E-state index contributed by atoms with van der Waals surface area (Å²) in [6.07, 6.45) is 7.43. The second-order valence-electron chi connectivity index (χ2n) is 7.48.